The summed E-state index contributed by atoms with van der Waals surface area (Å²) in [5, 5.41) is 14.2. The Morgan fingerprint density at radius 1 is 1.17 bits per heavy atom. The zero-order valence-corrected chi connectivity index (χ0v) is 13.7. The molecule has 0 aromatic heterocycles. The number of aryl methyl sites for hydroxylation is 2. The second-order valence-corrected chi connectivity index (χ2v) is 6.16. The maximum atomic E-state index is 11.0. The van der Waals surface area contributed by atoms with Crippen molar-refractivity contribution in [2.75, 3.05) is 0 Å². The number of hydrogen-bond acceptors (Lipinski definition) is 5. The van der Waals surface area contributed by atoms with Gasteiger partial charge in [-0.3, -0.25) is 10.1 Å². The fourth-order valence-electron chi connectivity index (χ4n) is 2.98. The molecular weight excluding hydrogens is 304 g/mol. The van der Waals surface area contributed by atoms with Crippen molar-refractivity contribution in [1.82, 2.24) is 5.32 Å². The molecule has 2 aromatic carbocycles. The number of nitro groups is 1. The molecule has 0 bridgehead atoms. The fourth-order valence-corrected chi connectivity index (χ4v) is 2.98. The lowest BCUT2D eigenvalue weighted by atomic mass is 9.92. The number of hydrogen-bond donors (Lipinski definition) is 2. The van der Waals surface area contributed by atoms with Crippen molar-refractivity contribution < 1.29 is 4.92 Å². The lowest BCUT2D eigenvalue weighted by Gasteiger charge is -2.29. The molecule has 0 amide bonds. The Morgan fingerprint density at radius 3 is 2.67 bits per heavy atom. The molecule has 0 radical (unpaired) electrons. The number of guanidine groups is 1. The molecule has 6 nitrogen and oxygen atoms in total. The number of non-ortho nitro benzene ring substituents is 1. The first kappa shape index (κ1) is 16.0. The van der Waals surface area contributed by atoms with E-state index in [2.05, 4.69) is 42.4 Å². The topological polar surface area (TPSA) is 93.5 Å². The molecule has 1 aliphatic rings. The number of aliphatic imine (C=N–C) groups is 1. The standard InChI is InChI=1S/C18H20N4O2/c1-11-6-7-14(8-12(11)2)17-10-16(20-18(19)21-17)13-4-3-5-15(9-13)22(23)24/h3-9,16-17H,10H2,1-2H3,(H3,19,20,21). The maximum Gasteiger partial charge on any atom is 0.269 e. The third kappa shape index (κ3) is 3.22. The minimum atomic E-state index is -0.390. The first-order chi connectivity index (χ1) is 11.4. The first-order valence-electron chi connectivity index (χ1n) is 7.85. The van der Waals surface area contributed by atoms with Crippen molar-refractivity contribution in [3.05, 3.63) is 74.8 Å². The van der Waals surface area contributed by atoms with Crippen molar-refractivity contribution in [2.24, 2.45) is 10.7 Å². The monoisotopic (exact) mass is 324 g/mol. The first-order valence-corrected chi connectivity index (χ1v) is 7.85. The van der Waals surface area contributed by atoms with Gasteiger partial charge >= 0.3 is 0 Å². The molecule has 124 valence electrons. The summed E-state index contributed by atoms with van der Waals surface area (Å²) in [5.41, 5.74) is 10.5. The molecule has 6 heteroatoms. The summed E-state index contributed by atoms with van der Waals surface area (Å²) in [6.07, 6.45) is 0.699. The molecule has 1 heterocycles. The van der Waals surface area contributed by atoms with Gasteiger partial charge < -0.3 is 11.1 Å². The minimum Gasteiger partial charge on any atom is -0.370 e. The van der Waals surface area contributed by atoms with Crippen molar-refractivity contribution in [1.29, 1.82) is 0 Å². The highest BCUT2D eigenvalue weighted by molar-refractivity contribution is 5.79. The van der Waals surface area contributed by atoms with Crippen LogP contribution < -0.4 is 11.1 Å². The summed E-state index contributed by atoms with van der Waals surface area (Å²) in [5.74, 6) is 0.362. The van der Waals surface area contributed by atoms with Crippen molar-refractivity contribution in [2.45, 2.75) is 32.4 Å². The summed E-state index contributed by atoms with van der Waals surface area (Å²) >= 11 is 0. The van der Waals surface area contributed by atoms with E-state index in [1.54, 1.807) is 12.1 Å². The molecule has 1 aliphatic heterocycles. The Labute approximate surface area is 140 Å². The SMILES string of the molecule is Cc1ccc(C2CC(c3cccc([N+](=O)[O-])c3)N=C(N)N2)cc1C. The normalized spacial score (nSPS) is 20.2. The van der Waals surface area contributed by atoms with Crippen LogP contribution in [-0.2, 0) is 0 Å². The number of benzene rings is 2. The van der Waals surface area contributed by atoms with Gasteiger partial charge in [-0.25, -0.2) is 4.99 Å². The average Bonchev–Trinajstić information content (AvgIpc) is 2.57. The lowest BCUT2D eigenvalue weighted by Crippen LogP contribution is -2.39. The van der Waals surface area contributed by atoms with Crippen molar-refractivity contribution in [3.8, 4) is 0 Å². The fraction of sp³-hybridized carbons (Fsp3) is 0.278. The van der Waals surface area contributed by atoms with Gasteiger partial charge in [0.15, 0.2) is 5.96 Å². The van der Waals surface area contributed by atoms with Gasteiger partial charge in [0.25, 0.3) is 5.69 Å². The van der Waals surface area contributed by atoms with Crippen molar-refractivity contribution in [3.63, 3.8) is 0 Å². The van der Waals surface area contributed by atoms with Crippen LogP contribution in [0.5, 0.6) is 0 Å². The molecule has 2 atom stereocenters. The van der Waals surface area contributed by atoms with Crippen LogP contribution in [0.1, 0.15) is 40.8 Å². The van der Waals surface area contributed by atoms with Crippen LogP contribution in [-0.4, -0.2) is 10.9 Å². The maximum absolute atomic E-state index is 11.0. The van der Waals surface area contributed by atoms with E-state index in [4.69, 9.17) is 5.73 Å². The average molecular weight is 324 g/mol. The van der Waals surface area contributed by atoms with Gasteiger partial charge in [0, 0.05) is 12.1 Å². The molecule has 0 aliphatic carbocycles. The Bertz CT molecular complexity index is 816. The van der Waals surface area contributed by atoms with Gasteiger partial charge in [-0.2, -0.15) is 0 Å². The summed E-state index contributed by atoms with van der Waals surface area (Å²) in [6.45, 7) is 4.16. The highest BCUT2D eigenvalue weighted by Crippen LogP contribution is 2.33. The highest BCUT2D eigenvalue weighted by atomic mass is 16.6. The van der Waals surface area contributed by atoms with E-state index >= 15 is 0 Å². The second-order valence-electron chi connectivity index (χ2n) is 6.16. The predicted molar refractivity (Wildman–Crippen MR) is 93.9 cm³/mol. The Balaban J connectivity index is 1.90. The number of nitrogens with two attached hydrogens (primary N) is 1. The van der Waals surface area contributed by atoms with Crippen LogP contribution in [0.4, 0.5) is 5.69 Å². The summed E-state index contributed by atoms with van der Waals surface area (Å²) in [7, 11) is 0. The van der Waals surface area contributed by atoms with Crippen LogP contribution in [0.3, 0.4) is 0 Å². The number of nitrogens with zero attached hydrogens (tertiary/aromatic N) is 2. The van der Waals surface area contributed by atoms with E-state index in [0.29, 0.717) is 12.4 Å². The van der Waals surface area contributed by atoms with Gasteiger partial charge in [0.2, 0.25) is 0 Å². The minimum absolute atomic E-state index is 0.0334. The van der Waals surface area contributed by atoms with Gasteiger partial charge in [-0.05, 0) is 42.5 Å². The van der Waals surface area contributed by atoms with Crippen molar-refractivity contribution >= 4 is 11.6 Å². The smallest absolute Gasteiger partial charge is 0.269 e. The Kier molecular flexibility index (Phi) is 4.20. The molecular formula is C18H20N4O2. The predicted octanol–water partition coefficient (Wildman–Crippen LogP) is 3.30. The molecule has 0 saturated carbocycles. The van der Waals surface area contributed by atoms with Crippen LogP contribution in [0.2, 0.25) is 0 Å². The Morgan fingerprint density at radius 2 is 1.96 bits per heavy atom. The van der Waals surface area contributed by atoms with Gasteiger partial charge in [0.05, 0.1) is 17.0 Å². The quantitative estimate of drug-likeness (QED) is 0.669. The molecule has 24 heavy (non-hydrogen) atoms. The summed E-state index contributed by atoms with van der Waals surface area (Å²) in [6, 6.07) is 12.8. The third-order valence-electron chi connectivity index (χ3n) is 4.48. The van der Waals surface area contributed by atoms with Gasteiger partial charge in [0.1, 0.15) is 0 Å². The van der Waals surface area contributed by atoms with Crippen LogP contribution >= 0.6 is 0 Å². The van der Waals surface area contributed by atoms with Gasteiger partial charge in [-0.15, -0.1) is 0 Å². The second kappa shape index (κ2) is 6.31. The van der Waals surface area contributed by atoms with E-state index in [1.165, 1.54) is 17.2 Å². The van der Waals surface area contributed by atoms with E-state index in [-0.39, 0.29) is 17.8 Å². The molecule has 0 saturated heterocycles. The Hall–Kier alpha value is -2.89. The van der Waals surface area contributed by atoms with E-state index < -0.39 is 4.92 Å². The number of rotatable bonds is 3. The molecule has 3 N–H and O–H groups in total. The lowest BCUT2D eigenvalue weighted by molar-refractivity contribution is -0.384. The third-order valence-corrected chi connectivity index (χ3v) is 4.48. The largest absolute Gasteiger partial charge is 0.370 e. The van der Waals surface area contributed by atoms with Crippen LogP contribution in [0.15, 0.2) is 47.5 Å². The van der Waals surface area contributed by atoms with Gasteiger partial charge in [-0.1, -0.05) is 30.3 Å². The van der Waals surface area contributed by atoms with Crippen LogP contribution in [0.25, 0.3) is 0 Å². The molecule has 3 rings (SSSR count). The zero-order valence-electron chi connectivity index (χ0n) is 13.7. The number of nitrogens with one attached hydrogen (secondary N) is 1. The molecule has 2 unspecified atom stereocenters. The van der Waals surface area contributed by atoms with Crippen LogP contribution in [0, 0.1) is 24.0 Å². The number of nitro benzene ring substituents is 1. The zero-order chi connectivity index (χ0) is 17.3. The summed E-state index contributed by atoms with van der Waals surface area (Å²) < 4.78 is 0. The molecule has 0 fully saturated rings. The van der Waals surface area contributed by atoms with E-state index in [9.17, 15) is 10.1 Å². The van der Waals surface area contributed by atoms with E-state index in [0.717, 1.165) is 11.1 Å². The van der Waals surface area contributed by atoms with E-state index in [1.807, 2.05) is 6.07 Å². The summed E-state index contributed by atoms with van der Waals surface area (Å²) in [4.78, 5) is 15.0. The molecule has 2 aromatic rings. The molecule has 0 spiro atoms. The highest BCUT2D eigenvalue weighted by Gasteiger charge is 2.25.